The van der Waals surface area contributed by atoms with Crippen molar-refractivity contribution in [1.82, 2.24) is 0 Å². The first-order chi connectivity index (χ1) is 2.64. The van der Waals surface area contributed by atoms with Crippen molar-refractivity contribution < 1.29 is 5.11 Å². The van der Waals surface area contributed by atoms with Crippen LogP contribution in [0.4, 0.5) is 0 Å². The Bertz CT molecular complexity index is 28.5. The SMILES string of the molecule is CC(O)[As](C)C. The second-order valence-electron chi connectivity index (χ2n) is 1.60. The van der Waals surface area contributed by atoms with Crippen LogP contribution in [0.1, 0.15) is 6.92 Å². The van der Waals surface area contributed by atoms with Crippen LogP contribution in [-0.2, 0) is 0 Å². The van der Waals surface area contributed by atoms with Crippen LogP contribution in [0.2, 0.25) is 11.4 Å². The number of hydrogen-bond donors (Lipinski definition) is 1. The molecular formula is C4H11AsO. The van der Waals surface area contributed by atoms with Crippen LogP contribution >= 0.6 is 0 Å². The summed E-state index contributed by atoms with van der Waals surface area (Å²) >= 11 is -0.743. The van der Waals surface area contributed by atoms with E-state index in [1.54, 1.807) is 0 Å². The molecule has 0 aliphatic carbocycles. The summed E-state index contributed by atoms with van der Waals surface area (Å²) in [5.74, 6) is 0. The average Bonchev–Trinajstić information content (AvgIpc) is 1.36. The fourth-order valence-electron chi connectivity index (χ4n) is 0. The van der Waals surface area contributed by atoms with Crippen LogP contribution in [0.15, 0.2) is 0 Å². The van der Waals surface area contributed by atoms with Gasteiger partial charge in [-0.1, -0.05) is 0 Å². The molecule has 0 spiro atoms. The van der Waals surface area contributed by atoms with Crippen LogP contribution < -0.4 is 0 Å². The molecule has 0 saturated heterocycles. The summed E-state index contributed by atoms with van der Waals surface area (Å²) in [5.41, 5.74) is 4.27. The van der Waals surface area contributed by atoms with Crippen molar-refractivity contribution >= 4 is 14.7 Å². The summed E-state index contributed by atoms with van der Waals surface area (Å²) in [4.78, 5) is -0.00231. The monoisotopic (exact) mass is 150 g/mol. The number of hydrogen-bond acceptors (Lipinski definition) is 1. The molecule has 1 atom stereocenters. The van der Waals surface area contributed by atoms with E-state index in [0.717, 1.165) is 0 Å². The van der Waals surface area contributed by atoms with E-state index in [9.17, 15) is 0 Å². The fraction of sp³-hybridized carbons (Fsp3) is 1.00. The van der Waals surface area contributed by atoms with E-state index in [-0.39, 0.29) is 4.89 Å². The molecule has 6 heavy (non-hydrogen) atoms. The van der Waals surface area contributed by atoms with E-state index in [2.05, 4.69) is 11.4 Å². The van der Waals surface area contributed by atoms with Crippen LogP contribution in [0.3, 0.4) is 0 Å². The summed E-state index contributed by atoms with van der Waals surface area (Å²) < 4.78 is 0. The molecule has 2 heteroatoms. The number of aliphatic hydroxyl groups is 1. The first kappa shape index (κ1) is 6.52. The molecule has 0 rings (SSSR count). The van der Waals surface area contributed by atoms with E-state index < -0.39 is 14.7 Å². The van der Waals surface area contributed by atoms with Crippen LogP contribution in [0, 0.1) is 0 Å². The normalized spacial score (nSPS) is 15.5. The molecule has 0 aromatic rings. The zero-order valence-electron chi connectivity index (χ0n) is 4.47. The Balaban J connectivity index is 2.99. The number of rotatable bonds is 1. The van der Waals surface area contributed by atoms with Crippen molar-refractivity contribution in [3.8, 4) is 0 Å². The Morgan fingerprint density at radius 1 is 1.50 bits per heavy atom. The van der Waals surface area contributed by atoms with E-state index in [4.69, 9.17) is 5.11 Å². The zero-order valence-corrected chi connectivity index (χ0v) is 6.35. The molecule has 0 aromatic heterocycles. The number of aliphatic hydroxyl groups excluding tert-OH is 1. The van der Waals surface area contributed by atoms with Crippen molar-refractivity contribution in [1.29, 1.82) is 0 Å². The molecule has 0 heterocycles. The first-order valence-corrected chi connectivity index (χ1v) is 6.82. The van der Waals surface area contributed by atoms with Crippen molar-refractivity contribution in [2.75, 3.05) is 0 Å². The third-order valence-electron chi connectivity index (χ3n) is 0.747. The summed E-state index contributed by atoms with van der Waals surface area (Å²) in [6.45, 7) is 1.86. The summed E-state index contributed by atoms with van der Waals surface area (Å²) in [6.07, 6.45) is 0. The molecule has 0 bridgehead atoms. The van der Waals surface area contributed by atoms with E-state index in [1.165, 1.54) is 0 Å². The predicted molar refractivity (Wildman–Crippen MR) is 29.2 cm³/mol. The van der Waals surface area contributed by atoms with Crippen molar-refractivity contribution in [2.45, 2.75) is 23.2 Å². The second-order valence-corrected chi connectivity index (χ2v) is 7.21. The van der Waals surface area contributed by atoms with E-state index >= 15 is 0 Å². The maximum atomic E-state index is 8.69. The molecule has 1 unspecified atom stereocenters. The molecule has 0 saturated carbocycles. The third-order valence-corrected chi connectivity index (χ3v) is 3.88. The van der Waals surface area contributed by atoms with Crippen LogP contribution in [-0.4, -0.2) is 24.6 Å². The standard InChI is InChI=1S/C4H11AsO/c1-4(6)5(2)3/h4,6H,1-3H3. The van der Waals surface area contributed by atoms with Gasteiger partial charge in [-0.05, 0) is 0 Å². The third kappa shape index (κ3) is 2.74. The quantitative estimate of drug-likeness (QED) is 0.544. The Morgan fingerprint density at radius 3 is 1.67 bits per heavy atom. The summed E-state index contributed by atoms with van der Waals surface area (Å²) in [6, 6.07) is 0. The Hall–Kier alpha value is 0.518. The van der Waals surface area contributed by atoms with Gasteiger partial charge in [-0.25, -0.2) is 0 Å². The van der Waals surface area contributed by atoms with Gasteiger partial charge in [-0.3, -0.25) is 0 Å². The van der Waals surface area contributed by atoms with Crippen LogP contribution in [0.5, 0.6) is 0 Å². The second kappa shape index (κ2) is 2.65. The molecule has 0 radical (unpaired) electrons. The zero-order chi connectivity index (χ0) is 5.15. The van der Waals surface area contributed by atoms with Gasteiger partial charge in [0.05, 0.1) is 0 Å². The van der Waals surface area contributed by atoms with E-state index in [0.29, 0.717) is 0 Å². The fourth-order valence-corrected chi connectivity index (χ4v) is 0. The minimum atomic E-state index is -0.743. The Kier molecular flexibility index (Phi) is 2.88. The van der Waals surface area contributed by atoms with Gasteiger partial charge in [0, 0.05) is 0 Å². The average molecular weight is 150 g/mol. The maximum absolute atomic E-state index is 8.69. The summed E-state index contributed by atoms with van der Waals surface area (Å²) in [5, 5.41) is 8.69. The van der Waals surface area contributed by atoms with Gasteiger partial charge >= 0.3 is 43.0 Å². The van der Waals surface area contributed by atoms with Gasteiger partial charge in [0.25, 0.3) is 0 Å². The minimum absolute atomic E-state index is 0.00231. The first-order valence-electron chi connectivity index (χ1n) is 1.99. The molecule has 1 nitrogen and oxygen atoms in total. The van der Waals surface area contributed by atoms with Gasteiger partial charge in [0.2, 0.25) is 0 Å². The molecule has 0 aliphatic rings. The molecule has 0 aromatic carbocycles. The molecule has 38 valence electrons. The molecule has 1 N–H and O–H groups in total. The van der Waals surface area contributed by atoms with Crippen molar-refractivity contribution in [3.63, 3.8) is 0 Å². The molecule has 0 aliphatic heterocycles. The van der Waals surface area contributed by atoms with Gasteiger partial charge in [0.15, 0.2) is 0 Å². The molecule has 0 amide bonds. The predicted octanol–water partition coefficient (Wildman–Crippen LogP) is 0.661. The van der Waals surface area contributed by atoms with Gasteiger partial charge in [0.1, 0.15) is 0 Å². The van der Waals surface area contributed by atoms with Crippen molar-refractivity contribution in [3.05, 3.63) is 0 Å². The van der Waals surface area contributed by atoms with Gasteiger partial charge < -0.3 is 0 Å². The topological polar surface area (TPSA) is 20.2 Å². The van der Waals surface area contributed by atoms with Crippen LogP contribution in [0.25, 0.3) is 0 Å². The van der Waals surface area contributed by atoms with Crippen molar-refractivity contribution in [2.24, 2.45) is 0 Å². The summed E-state index contributed by atoms with van der Waals surface area (Å²) in [7, 11) is 0. The van der Waals surface area contributed by atoms with Gasteiger partial charge in [-0.15, -0.1) is 0 Å². The Morgan fingerprint density at radius 2 is 1.67 bits per heavy atom. The van der Waals surface area contributed by atoms with Gasteiger partial charge in [-0.2, -0.15) is 0 Å². The molecule has 0 fully saturated rings. The molecular weight excluding hydrogens is 139 g/mol. The van der Waals surface area contributed by atoms with E-state index in [1.807, 2.05) is 6.92 Å². The Labute approximate surface area is 43.6 Å².